The fourth-order valence-corrected chi connectivity index (χ4v) is 3.79. The van der Waals surface area contributed by atoms with E-state index >= 15 is 0 Å². The number of benzene rings is 1. The molecule has 0 aliphatic carbocycles. The third-order valence-electron chi connectivity index (χ3n) is 4.42. The van der Waals surface area contributed by atoms with E-state index in [1.165, 1.54) is 17.0 Å². The van der Waals surface area contributed by atoms with Crippen LogP contribution in [0.5, 0.6) is 0 Å². The first-order chi connectivity index (χ1) is 14.4. The number of rotatable bonds is 8. The molecule has 2 rings (SSSR count). The largest absolute Gasteiger partial charge is 0.395 e. The topological polar surface area (TPSA) is 131 Å². The molecule has 1 aromatic heterocycles. The smallest absolute Gasteiger partial charge is 0.270 e. The number of nitrogens with two attached hydrogens (primary N) is 2. The standard InChI is InChI=1S/C21H28FN5O3S/c1-5-6-14(19(29)25-21(2,3)4)27(11-12-7-9-13(22)10-8-12)20(30)17-15(23)16(18(24)28)26-31-17/h7-10,14H,5-6,11,23H2,1-4H3,(H2,24,28)(H,25,29)/t14-/m0/s1. The molecule has 168 valence electrons. The number of hydrogen-bond donors (Lipinski definition) is 3. The zero-order chi connectivity index (χ0) is 23.3. The fraction of sp³-hybridized carbons (Fsp3) is 0.429. The van der Waals surface area contributed by atoms with Crippen LogP contribution in [0.1, 0.15) is 66.3 Å². The molecule has 0 radical (unpaired) electrons. The Kier molecular flexibility index (Phi) is 7.72. The SMILES string of the molecule is CCC[C@@H](C(=O)NC(C)(C)C)N(Cc1ccc(F)cc1)C(=O)c1snc(C(N)=O)c1N. The molecule has 10 heteroatoms. The normalized spacial score (nSPS) is 12.3. The van der Waals surface area contributed by atoms with E-state index in [9.17, 15) is 18.8 Å². The van der Waals surface area contributed by atoms with Gasteiger partial charge in [-0.05, 0) is 56.4 Å². The molecule has 2 aromatic rings. The van der Waals surface area contributed by atoms with Gasteiger partial charge >= 0.3 is 0 Å². The van der Waals surface area contributed by atoms with Gasteiger partial charge in [-0.25, -0.2) is 4.39 Å². The number of amides is 3. The van der Waals surface area contributed by atoms with E-state index in [0.717, 1.165) is 11.5 Å². The minimum absolute atomic E-state index is 0.0283. The average Bonchev–Trinajstić information content (AvgIpc) is 3.05. The molecule has 0 spiro atoms. The van der Waals surface area contributed by atoms with Crippen LogP contribution in [0.2, 0.25) is 0 Å². The van der Waals surface area contributed by atoms with Crippen molar-refractivity contribution >= 4 is 34.9 Å². The summed E-state index contributed by atoms with van der Waals surface area (Å²) in [6.45, 7) is 7.50. The number of nitrogens with one attached hydrogen (secondary N) is 1. The minimum atomic E-state index is -0.839. The summed E-state index contributed by atoms with van der Waals surface area (Å²) in [5.74, 6) is -2.11. The quantitative estimate of drug-likeness (QED) is 0.570. The zero-order valence-electron chi connectivity index (χ0n) is 18.1. The fourth-order valence-electron chi connectivity index (χ4n) is 3.02. The summed E-state index contributed by atoms with van der Waals surface area (Å²) >= 11 is 0.756. The van der Waals surface area contributed by atoms with Crippen LogP contribution >= 0.6 is 11.5 Å². The van der Waals surface area contributed by atoms with Gasteiger partial charge in [-0.1, -0.05) is 25.5 Å². The monoisotopic (exact) mass is 449 g/mol. The molecule has 0 bridgehead atoms. The van der Waals surface area contributed by atoms with Crippen LogP contribution in [-0.4, -0.2) is 38.6 Å². The van der Waals surface area contributed by atoms with E-state index in [0.29, 0.717) is 18.4 Å². The molecule has 8 nitrogen and oxygen atoms in total. The van der Waals surface area contributed by atoms with E-state index < -0.39 is 29.2 Å². The predicted octanol–water partition coefficient (Wildman–Crippen LogP) is 2.69. The average molecular weight is 450 g/mol. The zero-order valence-corrected chi connectivity index (χ0v) is 18.9. The highest BCUT2D eigenvalue weighted by Gasteiger charge is 2.34. The number of aromatic nitrogens is 1. The van der Waals surface area contributed by atoms with Gasteiger partial charge in [-0.15, -0.1) is 0 Å². The molecule has 5 N–H and O–H groups in total. The highest BCUT2D eigenvalue weighted by atomic mass is 32.1. The van der Waals surface area contributed by atoms with Gasteiger partial charge in [0.05, 0.1) is 5.69 Å². The summed E-state index contributed by atoms with van der Waals surface area (Å²) in [5, 5.41) is 2.91. The van der Waals surface area contributed by atoms with E-state index in [1.807, 2.05) is 27.7 Å². The number of nitrogens with zero attached hydrogens (tertiary/aromatic N) is 2. The van der Waals surface area contributed by atoms with Crippen molar-refractivity contribution in [2.24, 2.45) is 5.73 Å². The molecule has 0 fully saturated rings. The summed E-state index contributed by atoms with van der Waals surface area (Å²) in [6, 6.07) is 4.86. The second-order valence-electron chi connectivity index (χ2n) is 8.24. The Bertz CT molecular complexity index is 953. The first-order valence-corrected chi connectivity index (χ1v) is 10.6. The molecule has 0 aliphatic heterocycles. The Morgan fingerprint density at radius 2 is 1.84 bits per heavy atom. The maximum Gasteiger partial charge on any atom is 0.270 e. The van der Waals surface area contributed by atoms with Crippen LogP contribution in [0.25, 0.3) is 0 Å². The minimum Gasteiger partial charge on any atom is -0.395 e. The summed E-state index contributed by atoms with van der Waals surface area (Å²) in [7, 11) is 0. The molecule has 1 atom stereocenters. The van der Waals surface area contributed by atoms with Crippen LogP contribution < -0.4 is 16.8 Å². The number of halogens is 1. The maximum absolute atomic E-state index is 13.5. The van der Waals surface area contributed by atoms with Crippen LogP contribution in [0.3, 0.4) is 0 Å². The molecule has 0 aliphatic rings. The number of carbonyl (C=O) groups excluding carboxylic acids is 3. The molecule has 0 unspecified atom stereocenters. The summed E-state index contributed by atoms with van der Waals surface area (Å²) in [6.07, 6.45) is 1.04. The van der Waals surface area contributed by atoms with Gasteiger partial charge in [-0.3, -0.25) is 14.4 Å². The van der Waals surface area contributed by atoms with E-state index in [1.54, 1.807) is 12.1 Å². The van der Waals surface area contributed by atoms with Gasteiger partial charge < -0.3 is 21.7 Å². The van der Waals surface area contributed by atoms with E-state index in [-0.39, 0.29) is 28.7 Å². The van der Waals surface area contributed by atoms with Crippen molar-refractivity contribution in [3.63, 3.8) is 0 Å². The Morgan fingerprint density at radius 1 is 1.23 bits per heavy atom. The predicted molar refractivity (Wildman–Crippen MR) is 118 cm³/mol. The molecule has 1 aromatic carbocycles. The number of hydrogen-bond acceptors (Lipinski definition) is 6. The third-order valence-corrected chi connectivity index (χ3v) is 5.27. The highest BCUT2D eigenvalue weighted by Crippen LogP contribution is 2.26. The summed E-state index contributed by atoms with van der Waals surface area (Å²) in [5.41, 5.74) is 11.1. The van der Waals surface area contributed by atoms with Crippen molar-refractivity contribution in [3.05, 3.63) is 46.2 Å². The lowest BCUT2D eigenvalue weighted by atomic mass is 10.0. The lowest BCUT2D eigenvalue weighted by Crippen LogP contribution is -2.53. The van der Waals surface area contributed by atoms with Crippen LogP contribution in [0.15, 0.2) is 24.3 Å². The van der Waals surface area contributed by atoms with Gasteiger partial charge in [-0.2, -0.15) is 4.37 Å². The molecular formula is C21H28FN5O3S. The maximum atomic E-state index is 13.5. The first kappa shape index (κ1) is 24.3. The van der Waals surface area contributed by atoms with Crippen LogP contribution in [0.4, 0.5) is 10.1 Å². The van der Waals surface area contributed by atoms with Crippen molar-refractivity contribution < 1.29 is 18.8 Å². The Morgan fingerprint density at radius 3 is 2.32 bits per heavy atom. The molecule has 3 amide bonds. The van der Waals surface area contributed by atoms with Crippen molar-refractivity contribution in [2.75, 3.05) is 5.73 Å². The van der Waals surface area contributed by atoms with Gasteiger partial charge in [0.2, 0.25) is 5.91 Å². The molecule has 31 heavy (non-hydrogen) atoms. The van der Waals surface area contributed by atoms with Gasteiger partial charge in [0.25, 0.3) is 11.8 Å². The van der Waals surface area contributed by atoms with Gasteiger partial charge in [0, 0.05) is 12.1 Å². The summed E-state index contributed by atoms with van der Waals surface area (Å²) < 4.78 is 17.3. The van der Waals surface area contributed by atoms with E-state index in [4.69, 9.17) is 11.5 Å². The second kappa shape index (κ2) is 9.86. The lowest BCUT2D eigenvalue weighted by molar-refractivity contribution is -0.127. The van der Waals surface area contributed by atoms with Crippen LogP contribution in [0, 0.1) is 5.82 Å². The molecular weight excluding hydrogens is 421 g/mol. The van der Waals surface area contributed by atoms with Gasteiger partial charge in [0.1, 0.15) is 16.7 Å². The lowest BCUT2D eigenvalue weighted by Gasteiger charge is -2.33. The molecule has 0 saturated carbocycles. The number of nitrogen functional groups attached to an aromatic ring is 1. The first-order valence-electron chi connectivity index (χ1n) is 9.87. The van der Waals surface area contributed by atoms with Crippen molar-refractivity contribution in [3.8, 4) is 0 Å². The number of anilines is 1. The second-order valence-corrected chi connectivity index (χ2v) is 9.01. The molecule has 1 heterocycles. The van der Waals surface area contributed by atoms with Gasteiger partial charge in [0.15, 0.2) is 5.69 Å². The van der Waals surface area contributed by atoms with E-state index in [2.05, 4.69) is 9.69 Å². The third kappa shape index (κ3) is 6.24. The Balaban J connectivity index is 2.49. The van der Waals surface area contributed by atoms with Crippen molar-refractivity contribution in [1.82, 2.24) is 14.6 Å². The number of primary amides is 1. The number of carbonyl (C=O) groups is 3. The van der Waals surface area contributed by atoms with Crippen LogP contribution in [-0.2, 0) is 11.3 Å². The van der Waals surface area contributed by atoms with Crippen molar-refractivity contribution in [1.29, 1.82) is 0 Å². The Hall–Kier alpha value is -3.01. The van der Waals surface area contributed by atoms with Crippen molar-refractivity contribution in [2.45, 2.75) is 58.7 Å². The molecule has 0 saturated heterocycles. The summed E-state index contributed by atoms with van der Waals surface area (Å²) in [4.78, 5) is 39.5. The Labute approximate surface area is 185 Å². The highest BCUT2D eigenvalue weighted by molar-refractivity contribution is 7.09.